The van der Waals surface area contributed by atoms with Crippen LogP contribution in [0.5, 0.6) is 5.75 Å². The molecule has 0 aliphatic rings. The summed E-state index contributed by atoms with van der Waals surface area (Å²) >= 11 is 0. The van der Waals surface area contributed by atoms with Crippen LogP contribution in [-0.2, 0) is 4.74 Å². The number of carbonyl (C=O) groups is 2. The van der Waals surface area contributed by atoms with Gasteiger partial charge in [0.05, 0.1) is 5.56 Å². The van der Waals surface area contributed by atoms with E-state index in [0.29, 0.717) is 0 Å². The van der Waals surface area contributed by atoms with Gasteiger partial charge in [-0.1, -0.05) is 0 Å². The molecule has 0 spiro atoms. The highest BCUT2D eigenvalue weighted by atomic mass is 19.1. The Morgan fingerprint density at radius 1 is 1.00 bits per heavy atom. The second-order valence-electron chi connectivity index (χ2n) is 4.47. The number of ketones is 1. The Kier molecular flexibility index (Phi) is 4.33. The van der Waals surface area contributed by atoms with Gasteiger partial charge in [-0.2, -0.15) is 0 Å². The average Bonchev–Trinajstić information content (AvgIpc) is 2.47. The molecule has 0 amide bonds. The molecule has 0 saturated heterocycles. The van der Waals surface area contributed by atoms with E-state index in [1.807, 2.05) is 0 Å². The molecule has 4 nitrogen and oxygen atoms in total. The number of halogens is 1. The van der Waals surface area contributed by atoms with E-state index in [4.69, 9.17) is 9.84 Å². The summed E-state index contributed by atoms with van der Waals surface area (Å²) in [7, 11) is 0. The van der Waals surface area contributed by atoms with Crippen LogP contribution in [0.1, 0.15) is 27.6 Å². The molecule has 0 aliphatic carbocycles. The molecule has 0 bridgehead atoms. The summed E-state index contributed by atoms with van der Waals surface area (Å²) in [5, 5.41) is 9.14. The van der Waals surface area contributed by atoms with Gasteiger partial charge in [0.1, 0.15) is 11.6 Å². The Labute approximate surface area is 120 Å². The maximum Gasteiger partial charge on any atom is 0.338 e. The molecular formula is C16H13FO4. The Morgan fingerprint density at radius 2 is 1.52 bits per heavy atom. The van der Waals surface area contributed by atoms with Gasteiger partial charge in [-0.15, -0.1) is 0 Å². The van der Waals surface area contributed by atoms with Crippen LogP contribution in [0.25, 0.3) is 0 Å². The first-order chi connectivity index (χ1) is 9.97. The standard InChI is InChI=1S/C16H13FO4/c1-10(15(19)11-2-6-13(17)7-3-11)21-16(20)12-4-8-14(18)9-5-12/h2-10,18H,1H3/t10-/m1/s1. The number of aromatic hydroxyl groups is 1. The summed E-state index contributed by atoms with van der Waals surface area (Å²) in [6.45, 7) is 1.45. The van der Waals surface area contributed by atoms with Gasteiger partial charge < -0.3 is 9.84 Å². The molecule has 0 aliphatic heterocycles. The number of hydrogen-bond donors (Lipinski definition) is 1. The van der Waals surface area contributed by atoms with Crippen molar-refractivity contribution < 1.29 is 23.8 Å². The minimum absolute atomic E-state index is 0.0296. The molecule has 0 fully saturated rings. The van der Waals surface area contributed by atoms with Crippen LogP contribution in [0.2, 0.25) is 0 Å². The van der Waals surface area contributed by atoms with Crippen molar-refractivity contribution >= 4 is 11.8 Å². The molecule has 0 heterocycles. The van der Waals surface area contributed by atoms with Crippen molar-refractivity contribution in [2.45, 2.75) is 13.0 Å². The highest BCUT2D eigenvalue weighted by Gasteiger charge is 2.20. The van der Waals surface area contributed by atoms with E-state index in [1.165, 1.54) is 55.5 Å². The average molecular weight is 288 g/mol. The van der Waals surface area contributed by atoms with Gasteiger partial charge in [-0.3, -0.25) is 4.79 Å². The van der Waals surface area contributed by atoms with Crippen molar-refractivity contribution in [3.63, 3.8) is 0 Å². The minimum atomic E-state index is -0.989. The molecule has 2 aromatic rings. The zero-order valence-corrected chi connectivity index (χ0v) is 11.2. The number of esters is 1. The SMILES string of the molecule is C[C@@H](OC(=O)c1ccc(O)cc1)C(=O)c1ccc(F)cc1. The summed E-state index contributed by atoms with van der Waals surface area (Å²) in [5.41, 5.74) is 0.494. The van der Waals surface area contributed by atoms with Crippen molar-refractivity contribution in [1.82, 2.24) is 0 Å². The van der Waals surface area contributed by atoms with Gasteiger partial charge in [0.2, 0.25) is 5.78 Å². The fraction of sp³-hybridized carbons (Fsp3) is 0.125. The van der Waals surface area contributed by atoms with E-state index in [-0.39, 0.29) is 16.9 Å². The van der Waals surface area contributed by atoms with Gasteiger partial charge in [-0.25, -0.2) is 9.18 Å². The maximum absolute atomic E-state index is 12.8. The number of phenolic OH excluding ortho intramolecular Hbond substituents is 1. The first kappa shape index (κ1) is 14.7. The Bertz CT molecular complexity index is 647. The van der Waals surface area contributed by atoms with Crippen LogP contribution >= 0.6 is 0 Å². The van der Waals surface area contributed by atoms with Crippen LogP contribution in [0.15, 0.2) is 48.5 Å². The minimum Gasteiger partial charge on any atom is -0.508 e. The quantitative estimate of drug-likeness (QED) is 0.694. The normalized spacial score (nSPS) is 11.7. The lowest BCUT2D eigenvalue weighted by atomic mass is 10.1. The second kappa shape index (κ2) is 6.17. The summed E-state index contributed by atoms with van der Waals surface area (Å²) in [5.74, 6) is -1.50. The first-order valence-corrected chi connectivity index (χ1v) is 6.27. The van der Waals surface area contributed by atoms with E-state index in [1.54, 1.807) is 0 Å². The molecule has 108 valence electrons. The van der Waals surface area contributed by atoms with Crippen molar-refractivity contribution in [2.75, 3.05) is 0 Å². The van der Waals surface area contributed by atoms with Crippen LogP contribution < -0.4 is 0 Å². The topological polar surface area (TPSA) is 63.6 Å². The van der Waals surface area contributed by atoms with Crippen molar-refractivity contribution in [3.05, 3.63) is 65.5 Å². The first-order valence-electron chi connectivity index (χ1n) is 6.27. The van der Waals surface area contributed by atoms with Gasteiger partial charge in [0.25, 0.3) is 0 Å². The number of Topliss-reactive ketones (excluding diaryl/α,β-unsaturated/α-hetero) is 1. The smallest absolute Gasteiger partial charge is 0.338 e. The number of phenols is 1. The molecule has 21 heavy (non-hydrogen) atoms. The molecule has 0 saturated carbocycles. The molecule has 0 aromatic heterocycles. The molecule has 5 heteroatoms. The summed E-state index contributed by atoms with van der Waals surface area (Å²) in [4.78, 5) is 23.9. The van der Waals surface area contributed by atoms with Crippen molar-refractivity contribution in [2.24, 2.45) is 0 Å². The summed E-state index contributed by atoms with van der Waals surface area (Å²) < 4.78 is 17.9. The highest BCUT2D eigenvalue weighted by molar-refractivity contribution is 6.01. The second-order valence-corrected chi connectivity index (χ2v) is 4.47. The lowest BCUT2D eigenvalue weighted by Gasteiger charge is -2.12. The van der Waals surface area contributed by atoms with Gasteiger partial charge in [0, 0.05) is 5.56 Å². The van der Waals surface area contributed by atoms with E-state index in [2.05, 4.69) is 0 Å². The number of ether oxygens (including phenoxy) is 1. The summed E-state index contributed by atoms with van der Waals surface area (Å²) in [6.07, 6.45) is -0.989. The predicted octanol–water partition coefficient (Wildman–Crippen LogP) is 2.96. The zero-order valence-electron chi connectivity index (χ0n) is 11.2. The molecule has 2 aromatic carbocycles. The Balaban J connectivity index is 2.05. The Morgan fingerprint density at radius 3 is 2.10 bits per heavy atom. The molecule has 1 N–H and O–H groups in total. The largest absolute Gasteiger partial charge is 0.508 e. The number of hydrogen-bond acceptors (Lipinski definition) is 4. The molecule has 2 rings (SSSR count). The van der Waals surface area contributed by atoms with Gasteiger partial charge >= 0.3 is 5.97 Å². The van der Waals surface area contributed by atoms with Crippen LogP contribution in [-0.4, -0.2) is 23.0 Å². The predicted molar refractivity (Wildman–Crippen MR) is 73.7 cm³/mol. The number of rotatable bonds is 4. The monoisotopic (exact) mass is 288 g/mol. The number of carbonyl (C=O) groups excluding carboxylic acids is 2. The third-order valence-corrected chi connectivity index (χ3v) is 2.88. The lowest BCUT2D eigenvalue weighted by molar-refractivity contribution is 0.0319. The van der Waals surface area contributed by atoms with E-state index < -0.39 is 23.7 Å². The molecular weight excluding hydrogens is 275 g/mol. The van der Waals surface area contributed by atoms with Gasteiger partial charge in [-0.05, 0) is 55.5 Å². The molecule has 0 unspecified atom stereocenters. The third kappa shape index (κ3) is 3.66. The zero-order chi connectivity index (χ0) is 15.4. The Hall–Kier alpha value is -2.69. The molecule has 0 radical (unpaired) electrons. The van der Waals surface area contributed by atoms with E-state index in [9.17, 15) is 14.0 Å². The third-order valence-electron chi connectivity index (χ3n) is 2.88. The summed E-state index contributed by atoms with van der Waals surface area (Å²) in [6, 6.07) is 10.5. The van der Waals surface area contributed by atoms with Crippen LogP contribution in [0.4, 0.5) is 4.39 Å². The lowest BCUT2D eigenvalue weighted by Crippen LogP contribution is -2.24. The fourth-order valence-electron chi connectivity index (χ4n) is 1.73. The maximum atomic E-state index is 12.8. The van der Waals surface area contributed by atoms with Crippen molar-refractivity contribution in [3.8, 4) is 5.75 Å². The number of benzene rings is 2. The van der Waals surface area contributed by atoms with E-state index in [0.717, 1.165) is 0 Å². The molecule has 1 atom stereocenters. The van der Waals surface area contributed by atoms with Crippen LogP contribution in [0.3, 0.4) is 0 Å². The van der Waals surface area contributed by atoms with Crippen molar-refractivity contribution in [1.29, 1.82) is 0 Å². The highest BCUT2D eigenvalue weighted by Crippen LogP contribution is 2.13. The fourth-order valence-corrected chi connectivity index (χ4v) is 1.73. The van der Waals surface area contributed by atoms with Crippen LogP contribution in [0, 0.1) is 5.82 Å². The van der Waals surface area contributed by atoms with E-state index >= 15 is 0 Å². The van der Waals surface area contributed by atoms with Gasteiger partial charge in [0.15, 0.2) is 6.10 Å².